The first kappa shape index (κ1) is 12.7. The van der Waals surface area contributed by atoms with Crippen LogP contribution in [0.3, 0.4) is 0 Å². The number of carbonyl (C=O) groups is 1. The number of H-pyrrole nitrogens is 1. The van der Waals surface area contributed by atoms with Crippen LogP contribution in [0.25, 0.3) is 0 Å². The maximum absolute atomic E-state index is 13.1. The molecule has 1 heterocycles. The van der Waals surface area contributed by atoms with Gasteiger partial charge in [-0.05, 0) is 24.3 Å². The number of hydrogen-bond acceptors (Lipinski definition) is 4. The van der Waals surface area contributed by atoms with Crippen LogP contribution in [-0.4, -0.2) is 22.6 Å². The van der Waals surface area contributed by atoms with Gasteiger partial charge in [-0.25, -0.2) is 9.36 Å². The highest BCUT2D eigenvalue weighted by molar-refractivity contribution is 5.95. The second-order valence-electron chi connectivity index (χ2n) is 3.64. The van der Waals surface area contributed by atoms with Gasteiger partial charge in [0.2, 0.25) is 5.82 Å². The Morgan fingerprint density at radius 2 is 1.89 bits per heavy atom. The molecule has 0 unspecified atom stereocenters. The maximum Gasteiger partial charge on any atom is 0.335 e. The normalized spacial score (nSPS) is 10.2. The van der Waals surface area contributed by atoms with Gasteiger partial charge in [0.25, 0.3) is 11.5 Å². The minimum Gasteiger partial charge on any atom is -0.497 e. The van der Waals surface area contributed by atoms with Gasteiger partial charge in [-0.2, -0.15) is 4.39 Å². The van der Waals surface area contributed by atoms with E-state index in [9.17, 15) is 18.8 Å². The number of rotatable bonds is 2. The van der Waals surface area contributed by atoms with Crippen LogP contribution in [0.4, 0.5) is 4.39 Å². The van der Waals surface area contributed by atoms with Crippen molar-refractivity contribution in [1.82, 2.24) is 9.55 Å². The van der Waals surface area contributed by atoms with Gasteiger partial charge in [0.15, 0.2) is 0 Å². The Labute approximate surface area is 106 Å². The van der Waals surface area contributed by atoms with E-state index in [0.29, 0.717) is 16.5 Å². The molecule has 0 aliphatic heterocycles. The molecule has 0 fully saturated rings. The average molecular weight is 264 g/mol. The Bertz CT molecular complexity index is 731. The number of hydrogen-bond donors (Lipinski definition) is 1. The van der Waals surface area contributed by atoms with Crippen LogP contribution in [0.1, 0.15) is 10.4 Å². The van der Waals surface area contributed by atoms with E-state index in [1.807, 2.05) is 0 Å². The van der Waals surface area contributed by atoms with Crippen molar-refractivity contribution in [3.8, 4) is 5.75 Å². The summed E-state index contributed by atoms with van der Waals surface area (Å²) >= 11 is 0. The van der Waals surface area contributed by atoms with E-state index in [4.69, 9.17) is 4.74 Å². The van der Waals surface area contributed by atoms with E-state index in [1.165, 1.54) is 31.4 Å². The second-order valence-corrected chi connectivity index (χ2v) is 3.64. The molecule has 2 aromatic rings. The Morgan fingerprint density at radius 1 is 1.26 bits per heavy atom. The number of ether oxygens (including phenoxy) is 1. The lowest BCUT2D eigenvalue weighted by atomic mass is 10.2. The van der Waals surface area contributed by atoms with Gasteiger partial charge in [-0.1, -0.05) is 0 Å². The first-order valence-corrected chi connectivity index (χ1v) is 5.23. The molecule has 0 radical (unpaired) electrons. The Hall–Kier alpha value is -2.70. The number of carbonyl (C=O) groups excluding carboxylic acids is 1. The number of aromatic amines is 1. The van der Waals surface area contributed by atoms with Crippen molar-refractivity contribution in [2.75, 3.05) is 7.11 Å². The van der Waals surface area contributed by atoms with Crippen molar-refractivity contribution in [2.45, 2.75) is 0 Å². The maximum atomic E-state index is 13.1. The molecule has 6 nitrogen and oxygen atoms in total. The number of nitrogens with one attached hydrogen (secondary N) is 1. The molecule has 7 heteroatoms. The summed E-state index contributed by atoms with van der Waals surface area (Å²) in [6, 6.07) is 5.91. The predicted octanol–water partition coefficient (Wildman–Crippen LogP) is 0.373. The quantitative estimate of drug-likeness (QED) is 0.849. The third-order valence-corrected chi connectivity index (χ3v) is 2.45. The van der Waals surface area contributed by atoms with E-state index in [0.717, 1.165) is 0 Å². The summed E-state index contributed by atoms with van der Waals surface area (Å²) in [6.45, 7) is 0. The fourth-order valence-electron chi connectivity index (χ4n) is 1.47. The molecule has 98 valence electrons. The molecule has 0 bridgehead atoms. The highest BCUT2D eigenvalue weighted by atomic mass is 19.1. The molecule has 1 aromatic heterocycles. The summed E-state index contributed by atoms with van der Waals surface area (Å²) in [6.07, 6.45) is 0.563. The summed E-state index contributed by atoms with van der Waals surface area (Å²) in [5, 5.41) is 0. The van der Waals surface area contributed by atoms with Crippen molar-refractivity contribution in [1.29, 1.82) is 0 Å². The third kappa shape index (κ3) is 2.44. The van der Waals surface area contributed by atoms with Crippen LogP contribution >= 0.6 is 0 Å². The molecule has 0 spiro atoms. The third-order valence-electron chi connectivity index (χ3n) is 2.45. The van der Waals surface area contributed by atoms with E-state index >= 15 is 0 Å². The predicted molar refractivity (Wildman–Crippen MR) is 64.0 cm³/mol. The van der Waals surface area contributed by atoms with Crippen LogP contribution < -0.4 is 16.0 Å². The van der Waals surface area contributed by atoms with Gasteiger partial charge < -0.3 is 4.74 Å². The summed E-state index contributed by atoms with van der Waals surface area (Å²) in [5.41, 5.74) is -2.00. The lowest BCUT2D eigenvalue weighted by Gasteiger charge is -2.04. The molecule has 19 heavy (non-hydrogen) atoms. The Kier molecular flexibility index (Phi) is 3.28. The Morgan fingerprint density at radius 3 is 2.47 bits per heavy atom. The summed E-state index contributed by atoms with van der Waals surface area (Å²) in [7, 11) is 1.47. The summed E-state index contributed by atoms with van der Waals surface area (Å²) < 4.78 is 18.5. The van der Waals surface area contributed by atoms with Crippen molar-refractivity contribution < 1.29 is 13.9 Å². The van der Waals surface area contributed by atoms with E-state index in [-0.39, 0.29) is 5.56 Å². The van der Waals surface area contributed by atoms with Gasteiger partial charge in [-0.3, -0.25) is 14.6 Å². The molecule has 2 rings (SSSR count). The molecule has 1 aromatic carbocycles. The van der Waals surface area contributed by atoms with Crippen molar-refractivity contribution >= 4 is 5.91 Å². The first-order valence-electron chi connectivity index (χ1n) is 5.23. The lowest BCUT2D eigenvalue weighted by Crippen LogP contribution is -2.35. The van der Waals surface area contributed by atoms with E-state index in [2.05, 4.69) is 0 Å². The average Bonchev–Trinajstić information content (AvgIpc) is 2.42. The molecular formula is C12H9FN2O4. The first-order chi connectivity index (χ1) is 9.02. The van der Waals surface area contributed by atoms with Crippen molar-refractivity contribution in [2.24, 2.45) is 0 Å². The molecule has 1 N–H and O–H groups in total. The Balaban J connectivity index is 2.46. The SMILES string of the molecule is COc1ccc(C(=O)n2cc(F)c(=O)[nH]c2=O)cc1. The molecule has 0 saturated carbocycles. The number of halogens is 1. The van der Waals surface area contributed by atoms with Gasteiger partial charge in [0.05, 0.1) is 13.3 Å². The molecular weight excluding hydrogens is 255 g/mol. The van der Waals surface area contributed by atoms with Crippen LogP contribution in [-0.2, 0) is 0 Å². The second kappa shape index (κ2) is 4.89. The number of benzene rings is 1. The van der Waals surface area contributed by atoms with Gasteiger partial charge in [0, 0.05) is 5.56 Å². The summed E-state index contributed by atoms with van der Waals surface area (Å²) in [5.74, 6) is -1.42. The monoisotopic (exact) mass is 264 g/mol. The number of nitrogens with zero attached hydrogens (tertiary/aromatic N) is 1. The zero-order chi connectivity index (χ0) is 14.0. The minimum absolute atomic E-state index is 0.161. The van der Waals surface area contributed by atoms with Crippen molar-refractivity contribution in [3.05, 3.63) is 62.7 Å². The molecule has 0 aliphatic carbocycles. The number of aromatic nitrogens is 2. The lowest BCUT2D eigenvalue weighted by molar-refractivity contribution is 0.0952. The zero-order valence-electron chi connectivity index (χ0n) is 9.84. The fourth-order valence-corrected chi connectivity index (χ4v) is 1.47. The molecule has 0 amide bonds. The van der Waals surface area contributed by atoms with Gasteiger partial charge >= 0.3 is 5.69 Å². The van der Waals surface area contributed by atoms with E-state index < -0.39 is 23.0 Å². The highest BCUT2D eigenvalue weighted by Gasteiger charge is 2.13. The number of methoxy groups -OCH3 is 1. The molecule has 0 saturated heterocycles. The molecule has 0 aliphatic rings. The topological polar surface area (TPSA) is 81.2 Å². The van der Waals surface area contributed by atoms with Gasteiger partial charge in [-0.15, -0.1) is 0 Å². The zero-order valence-corrected chi connectivity index (χ0v) is 9.84. The minimum atomic E-state index is -1.21. The van der Waals surface area contributed by atoms with Crippen LogP contribution in [0.5, 0.6) is 5.75 Å². The summed E-state index contributed by atoms with van der Waals surface area (Å²) in [4.78, 5) is 36.0. The van der Waals surface area contributed by atoms with Crippen LogP contribution in [0.15, 0.2) is 40.1 Å². The van der Waals surface area contributed by atoms with E-state index in [1.54, 1.807) is 4.98 Å². The van der Waals surface area contributed by atoms with Crippen molar-refractivity contribution in [3.63, 3.8) is 0 Å². The van der Waals surface area contributed by atoms with Crippen LogP contribution in [0, 0.1) is 5.82 Å². The smallest absolute Gasteiger partial charge is 0.335 e. The van der Waals surface area contributed by atoms with Gasteiger partial charge in [0.1, 0.15) is 5.75 Å². The van der Waals surface area contributed by atoms with Crippen LogP contribution in [0.2, 0.25) is 0 Å². The molecule has 0 atom stereocenters. The fraction of sp³-hybridized carbons (Fsp3) is 0.0833. The largest absolute Gasteiger partial charge is 0.497 e. The highest BCUT2D eigenvalue weighted by Crippen LogP contribution is 2.11. The standard InChI is InChI=1S/C12H9FN2O4/c1-19-8-4-2-7(3-5-8)11(17)15-6-9(13)10(16)14-12(15)18/h2-6H,1H3,(H,14,16,18).